The van der Waals surface area contributed by atoms with Crippen LogP contribution in [0, 0.1) is 6.92 Å². The smallest absolute Gasteiger partial charge is 0.279 e. The molecule has 154 valence electrons. The molecule has 0 aliphatic rings. The first-order valence-electron chi connectivity index (χ1n) is 9.62. The molecular formula is C22H29N4O3+. The maximum atomic E-state index is 12.7. The summed E-state index contributed by atoms with van der Waals surface area (Å²) >= 11 is 0. The van der Waals surface area contributed by atoms with Crippen LogP contribution in [0.25, 0.3) is 0 Å². The number of anilines is 2. The van der Waals surface area contributed by atoms with E-state index in [-0.39, 0.29) is 36.9 Å². The zero-order valence-electron chi connectivity index (χ0n) is 17.3. The molecule has 0 aliphatic heterocycles. The third-order valence-electron chi connectivity index (χ3n) is 4.10. The highest BCUT2D eigenvalue weighted by atomic mass is 16.2. The number of aryl methyl sites for hydroxylation is 1. The van der Waals surface area contributed by atoms with Gasteiger partial charge in [-0.05, 0) is 50.6 Å². The van der Waals surface area contributed by atoms with Crippen LogP contribution in [0.15, 0.2) is 48.5 Å². The maximum Gasteiger partial charge on any atom is 0.279 e. The number of benzene rings is 2. The summed E-state index contributed by atoms with van der Waals surface area (Å²) in [7, 11) is 1.77. The summed E-state index contributed by atoms with van der Waals surface area (Å²) in [5, 5.41) is 8.43. The van der Waals surface area contributed by atoms with Crippen LogP contribution in [0.5, 0.6) is 0 Å². The van der Waals surface area contributed by atoms with E-state index in [9.17, 15) is 14.4 Å². The summed E-state index contributed by atoms with van der Waals surface area (Å²) in [6.07, 6.45) is 0. The molecule has 2 aromatic carbocycles. The van der Waals surface area contributed by atoms with Crippen molar-refractivity contribution in [3.63, 3.8) is 0 Å². The molecule has 0 heterocycles. The summed E-state index contributed by atoms with van der Waals surface area (Å²) in [4.78, 5) is 37.7. The molecule has 0 aliphatic carbocycles. The Bertz CT molecular complexity index is 880. The molecule has 7 nitrogen and oxygen atoms in total. The zero-order chi connectivity index (χ0) is 21.4. The Morgan fingerprint density at radius 2 is 1.62 bits per heavy atom. The van der Waals surface area contributed by atoms with E-state index in [1.807, 2.05) is 45.0 Å². The standard InChI is InChI=1S/C22H28N4O3/c1-15(2)23-20(27)13-26(4)14-21(28)25-19-11-6-5-10-18(19)22(29)24-17-9-7-8-16(3)12-17/h5-12,15H,13-14H2,1-4H3,(H,23,27)(H,24,29)(H,25,28)/p+1. The van der Waals surface area contributed by atoms with E-state index < -0.39 is 0 Å². The van der Waals surface area contributed by atoms with Crippen molar-refractivity contribution in [2.75, 3.05) is 30.8 Å². The third-order valence-corrected chi connectivity index (χ3v) is 4.10. The van der Waals surface area contributed by atoms with Gasteiger partial charge >= 0.3 is 0 Å². The first-order valence-corrected chi connectivity index (χ1v) is 9.62. The van der Waals surface area contributed by atoms with Gasteiger partial charge in [0.05, 0.1) is 18.3 Å². The summed E-state index contributed by atoms with van der Waals surface area (Å²) in [6, 6.07) is 14.4. The number of amides is 3. The molecular weight excluding hydrogens is 368 g/mol. The van der Waals surface area contributed by atoms with Crippen LogP contribution in [0.4, 0.5) is 11.4 Å². The van der Waals surface area contributed by atoms with Gasteiger partial charge in [-0.2, -0.15) is 0 Å². The molecule has 0 aromatic heterocycles. The van der Waals surface area contributed by atoms with Crippen molar-refractivity contribution in [1.29, 1.82) is 0 Å². The first kappa shape index (κ1) is 22.1. The Hall–Kier alpha value is -3.19. The average molecular weight is 397 g/mol. The molecule has 2 rings (SSSR count). The highest BCUT2D eigenvalue weighted by molar-refractivity contribution is 6.10. The number of hydrogen-bond donors (Lipinski definition) is 4. The molecule has 4 N–H and O–H groups in total. The lowest BCUT2D eigenvalue weighted by Gasteiger charge is -2.16. The van der Waals surface area contributed by atoms with Crippen molar-refractivity contribution in [2.24, 2.45) is 0 Å². The van der Waals surface area contributed by atoms with Gasteiger partial charge in [0, 0.05) is 11.7 Å². The van der Waals surface area contributed by atoms with Crippen LogP contribution in [0.2, 0.25) is 0 Å². The van der Waals surface area contributed by atoms with Crippen molar-refractivity contribution in [3.8, 4) is 0 Å². The van der Waals surface area contributed by atoms with E-state index in [0.29, 0.717) is 16.9 Å². The SMILES string of the molecule is Cc1cccc(NC(=O)c2ccccc2NC(=O)C[NH+](C)CC(=O)NC(C)C)c1. The zero-order valence-corrected chi connectivity index (χ0v) is 17.3. The molecule has 3 amide bonds. The second-order valence-corrected chi connectivity index (χ2v) is 7.45. The molecule has 1 atom stereocenters. The van der Waals surface area contributed by atoms with Crippen LogP contribution < -0.4 is 20.9 Å². The summed E-state index contributed by atoms with van der Waals surface area (Å²) < 4.78 is 0. The average Bonchev–Trinajstić information content (AvgIpc) is 2.60. The van der Waals surface area contributed by atoms with Crippen molar-refractivity contribution < 1.29 is 19.3 Å². The Labute approximate surface area is 171 Å². The minimum absolute atomic E-state index is 0.0583. The number of carbonyl (C=O) groups is 3. The Morgan fingerprint density at radius 3 is 2.31 bits per heavy atom. The summed E-state index contributed by atoms with van der Waals surface area (Å²) in [6.45, 7) is 6.03. The number of quaternary nitrogens is 1. The first-order chi connectivity index (χ1) is 13.7. The fraction of sp³-hybridized carbons (Fsp3) is 0.318. The summed E-state index contributed by atoms with van der Waals surface area (Å²) in [5.74, 6) is -0.678. The molecule has 2 aromatic rings. The van der Waals surface area contributed by atoms with E-state index in [4.69, 9.17) is 0 Å². The van der Waals surface area contributed by atoms with E-state index >= 15 is 0 Å². The van der Waals surface area contributed by atoms with Crippen molar-refractivity contribution in [2.45, 2.75) is 26.8 Å². The number of para-hydroxylation sites is 1. The van der Waals surface area contributed by atoms with Gasteiger partial charge in [-0.1, -0.05) is 24.3 Å². The molecule has 0 saturated heterocycles. The van der Waals surface area contributed by atoms with E-state index in [1.54, 1.807) is 31.3 Å². The molecule has 0 fully saturated rings. The Balaban J connectivity index is 2.00. The van der Waals surface area contributed by atoms with E-state index in [1.165, 1.54) is 0 Å². The van der Waals surface area contributed by atoms with Crippen LogP contribution in [0.1, 0.15) is 29.8 Å². The lowest BCUT2D eigenvalue weighted by atomic mass is 10.1. The van der Waals surface area contributed by atoms with Crippen LogP contribution in [-0.4, -0.2) is 43.9 Å². The summed E-state index contributed by atoms with van der Waals surface area (Å²) in [5.41, 5.74) is 2.54. The lowest BCUT2D eigenvalue weighted by Crippen LogP contribution is -3.11. The number of carbonyl (C=O) groups excluding carboxylic acids is 3. The van der Waals surface area contributed by atoms with E-state index in [0.717, 1.165) is 10.5 Å². The molecule has 1 unspecified atom stereocenters. The van der Waals surface area contributed by atoms with Crippen molar-refractivity contribution >= 4 is 29.1 Å². The molecule has 0 bridgehead atoms. The van der Waals surface area contributed by atoms with Crippen LogP contribution in [0.3, 0.4) is 0 Å². The Kier molecular flexibility index (Phi) is 7.91. The largest absolute Gasteiger partial charge is 0.349 e. The monoisotopic (exact) mass is 397 g/mol. The second kappa shape index (κ2) is 10.4. The van der Waals surface area contributed by atoms with Gasteiger partial charge < -0.3 is 20.9 Å². The number of hydrogen-bond acceptors (Lipinski definition) is 3. The topological polar surface area (TPSA) is 91.7 Å². The molecule has 7 heteroatoms. The lowest BCUT2D eigenvalue weighted by molar-refractivity contribution is -0.862. The normalized spacial score (nSPS) is 11.6. The predicted octanol–water partition coefficient (Wildman–Crippen LogP) is 1.23. The highest BCUT2D eigenvalue weighted by Gasteiger charge is 2.17. The molecule has 0 spiro atoms. The van der Waals surface area contributed by atoms with E-state index in [2.05, 4.69) is 16.0 Å². The Morgan fingerprint density at radius 1 is 0.931 bits per heavy atom. The van der Waals surface area contributed by atoms with Gasteiger partial charge in [-0.25, -0.2) is 0 Å². The maximum absolute atomic E-state index is 12.7. The van der Waals surface area contributed by atoms with Crippen molar-refractivity contribution in [3.05, 3.63) is 59.7 Å². The number of likely N-dealkylation sites (N-methyl/N-ethyl adjacent to an activating group) is 1. The third kappa shape index (κ3) is 7.38. The van der Waals surface area contributed by atoms with Crippen LogP contribution >= 0.6 is 0 Å². The number of nitrogens with one attached hydrogen (secondary N) is 4. The van der Waals surface area contributed by atoms with Gasteiger partial charge in [0.1, 0.15) is 0 Å². The van der Waals surface area contributed by atoms with Gasteiger partial charge in [0.2, 0.25) is 0 Å². The number of rotatable bonds is 8. The van der Waals surface area contributed by atoms with Gasteiger partial charge in [-0.15, -0.1) is 0 Å². The highest BCUT2D eigenvalue weighted by Crippen LogP contribution is 2.18. The molecule has 0 saturated carbocycles. The fourth-order valence-corrected chi connectivity index (χ4v) is 2.89. The molecule has 0 radical (unpaired) electrons. The minimum Gasteiger partial charge on any atom is -0.349 e. The van der Waals surface area contributed by atoms with Gasteiger partial charge in [0.25, 0.3) is 17.7 Å². The minimum atomic E-state index is -0.302. The predicted molar refractivity (Wildman–Crippen MR) is 114 cm³/mol. The van der Waals surface area contributed by atoms with Crippen LogP contribution in [-0.2, 0) is 9.59 Å². The van der Waals surface area contributed by atoms with Gasteiger partial charge in [0.15, 0.2) is 13.1 Å². The fourth-order valence-electron chi connectivity index (χ4n) is 2.89. The van der Waals surface area contributed by atoms with Gasteiger partial charge in [-0.3, -0.25) is 14.4 Å². The van der Waals surface area contributed by atoms with Crippen molar-refractivity contribution in [1.82, 2.24) is 5.32 Å². The quantitative estimate of drug-likeness (QED) is 0.540. The molecule has 29 heavy (non-hydrogen) atoms. The second-order valence-electron chi connectivity index (χ2n) is 7.45.